The van der Waals surface area contributed by atoms with Crippen molar-refractivity contribution in [2.75, 3.05) is 6.79 Å². The van der Waals surface area contributed by atoms with Gasteiger partial charge in [-0.2, -0.15) is 0 Å². The average Bonchev–Trinajstić information content (AvgIpc) is 2.78. The monoisotopic (exact) mass is 278 g/mol. The van der Waals surface area contributed by atoms with Crippen LogP contribution in [0.1, 0.15) is 22.8 Å². The Bertz CT molecular complexity index is 620. The van der Waals surface area contributed by atoms with Crippen LogP contribution in [0.25, 0.3) is 6.08 Å². The molecule has 0 bridgehead atoms. The first-order valence-corrected chi connectivity index (χ1v) is 6.54. The summed E-state index contributed by atoms with van der Waals surface area (Å²) in [6.45, 7) is 1.82. The maximum absolute atomic E-state index is 12.3. The lowest BCUT2D eigenvalue weighted by Gasteiger charge is -2.08. The van der Waals surface area contributed by atoms with Crippen molar-refractivity contribution in [1.82, 2.24) is 0 Å². The number of ketones is 1. The highest BCUT2D eigenvalue weighted by Crippen LogP contribution is 2.39. The number of ether oxygens (including phenoxy) is 2. The van der Waals surface area contributed by atoms with Gasteiger partial charge in [0.2, 0.25) is 6.79 Å². The van der Waals surface area contributed by atoms with Crippen molar-refractivity contribution in [2.45, 2.75) is 12.2 Å². The second-order valence-corrected chi connectivity index (χ2v) is 5.61. The van der Waals surface area contributed by atoms with Gasteiger partial charge < -0.3 is 14.6 Å². The molecular weight excluding hydrogens is 268 g/mol. The van der Waals surface area contributed by atoms with Gasteiger partial charge in [-0.25, -0.2) is 4.79 Å². The van der Waals surface area contributed by atoms with Crippen LogP contribution in [-0.4, -0.2) is 28.9 Å². The molecule has 98 valence electrons. The lowest BCUT2D eigenvalue weighted by atomic mass is 10.0. The fourth-order valence-electron chi connectivity index (χ4n) is 2.04. The second-order valence-electron chi connectivity index (χ2n) is 4.23. The topological polar surface area (TPSA) is 72.8 Å². The van der Waals surface area contributed by atoms with Crippen molar-refractivity contribution in [3.8, 4) is 11.5 Å². The SMILES string of the molecule is CC1SC(C(=O)O)=Cc2cc3c(cc2C1=O)OCO3. The van der Waals surface area contributed by atoms with Crippen molar-refractivity contribution in [3.63, 3.8) is 0 Å². The molecule has 3 rings (SSSR count). The predicted octanol–water partition coefficient (Wildman–Crippen LogP) is 2.16. The first kappa shape index (κ1) is 12.1. The molecule has 0 aromatic heterocycles. The van der Waals surface area contributed by atoms with Crippen LogP contribution in [0.15, 0.2) is 17.0 Å². The number of aliphatic carboxylic acids is 1. The van der Waals surface area contributed by atoms with E-state index in [1.807, 2.05) is 0 Å². The Kier molecular flexibility index (Phi) is 2.74. The number of rotatable bonds is 1. The van der Waals surface area contributed by atoms with E-state index >= 15 is 0 Å². The molecule has 0 spiro atoms. The van der Waals surface area contributed by atoms with Gasteiger partial charge in [0.25, 0.3) is 0 Å². The Morgan fingerprint density at radius 1 is 1.37 bits per heavy atom. The Balaban J connectivity index is 2.19. The number of carboxylic acids is 1. The van der Waals surface area contributed by atoms with Crippen LogP contribution < -0.4 is 9.47 Å². The average molecular weight is 278 g/mol. The Morgan fingerprint density at radius 3 is 2.74 bits per heavy atom. The number of thioether (sulfide) groups is 1. The van der Waals surface area contributed by atoms with E-state index in [0.717, 1.165) is 11.8 Å². The van der Waals surface area contributed by atoms with Gasteiger partial charge in [-0.15, -0.1) is 11.8 Å². The summed E-state index contributed by atoms with van der Waals surface area (Å²) in [5.41, 5.74) is 1.03. The van der Waals surface area contributed by atoms with Gasteiger partial charge in [-0.05, 0) is 30.7 Å². The summed E-state index contributed by atoms with van der Waals surface area (Å²) in [6.07, 6.45) is 1.51. The molecule has 2 aliphatic rings. The standard InChI is InChI=1S/C13H10O5S/c1-6-12(14)8-4-10-9(17-5-18-10)2-7(8)3-11(19-6)13(15)16/h2-4,6H,5H2,1H3,(H,15,16). The molecule has 6 heteroatoms. The lowest BCUT2D eigenvalue weighted by molar-refractivity contribution is -0.131. The Labute approximate surface area is 113 Å². The fourth-order valence-corrected chi connectivity index (χ4v) is 2.95. The summed E-state index contributed by atoms with van der Waals surface area (Å²) in [4.78, 5) is 23.6. The highest BCUT2D eigenvalue weighted by molar-refractivity contribution is 8.05. The van der Waals surface area contributed by atoms with Gasteiger partial charge >= 0.3 is 5.97 Å². The molecule has 2 heterocycles. The third-order valence-corrected chi connectivity index (χ3v) is 4.09. The third kappa shape index (κ3) is 1.98. The fraction of sp³-hybridized carbons (Fsp3) is 0.231. The normalized spacial score (nSPS) is 20.6. The van der Waals surface area contributed by atoms with Crippen LogP contribution in [0.2, 0.25) is 0 Å². The van der Waals surface area contributed by atoms with Gasteiger partial charge in [0.1, 0.15) is 0 Å². The van der Waals surface area contributed by atoms with E-state index < -0.39 is 11.2 Å². The van der Waals surface area contributed by atoms with E-state index in [9.17, 15) is 9.59 Å². The summed E-state index contributed by atoms with van der Waals surface area (Å²) in [6, 6.07) is 3.27. The molecule has 0 amide bonds. The maximum atomic E-state index is 12.3. The summed E-state index contributed by atoms with van der Waals surface area (Å²) in [5, 5.41) is 8.69. The molecule has 1 aromatic rings. The molecule has 5 nitrogen and oxygen atoms in total. The Hall–Kier alpha value is -1.95. The van der Waals surface area contributed by atoms with Gasteiger partial charge in [-0.1, -0.05) is 0 Å². The molecule has 0 aliphatic carbocycles. The van der Waals surface area contributed by atoms with Crippen molar-refractivity contribution in [1.29, 1.82) is 0 Å². The Morgan fingerprint density at radius 2 is 2.05 bits per heavy atom. The molecule has 0 radical (unpaired) electrons. The molecule has 1 unspecified atom stereocenters. The van der Waals surface area contributed by atoms with Gasteiger partial charge in [0.15, 0.2) is 17.3 Å². The first-order chi connectivity index (χ1) is 9.06. The van der Waals surface area contributed by atoms with E-state index in [1.54, 1.807) is 19.1 Å². The van der Waals surface area contributed by atoms with Gasteiger partial charge in [0.05, 0.1) is 10.2 Å². The summed E-state index contributed by atoms with van der Waals surface area (Å²) < 4.78 is 10.5. The molecule has 1 N–H and O–H groups in total. The zero-order valence-electron chi connectivity index (χ0n) is 10.0. The summed E-state index contributed by atoms with van der Waals surface area (Å²) in [5.74, 6) is -0.0791. The number of hydrogen-bond donors (Lipinski definition) is 1. The van der Waals surface area contributed by atoms with Crippen LogP contribution in [-0.2, 0) is 4.79 Å². The third-order valence-electron chi connectivity index (χ3n) is 2.98. The van der Waals surface area contributed by atoms with Crippen molar-refractivity contribution < 1.29 is 24.2 Å². The van der Waals surface area contributed by atoms with Gasteiger partial charge in [0, 0.05) is 5.56 Å². The minimum absolute atomic E-state index is 0.106. The highest BCUT2D eigenvalue weighted by atomic mass is 32.2. The van der Waals surface area contributed by atoms with Gasteiger partial charge in [-0.3, -0.25) is 4.79 Å². The molecule has 2 aliphatic heterocycles. The van der Waals surface area contributed by atoms with Crippen LogP contribution in [0, 0.1) is 0 Å². The van der Waals surface area contributed by atoms with E-state index in [2.05, 4.69) is 0 Å². The zero-order valence-corrected chi connectivity index (χ0v) is 10.8. The molecule has 0 saturated heterocycles. The summed E-state index contributed by atoms with van der Waals surface area (Å²) >= 11 is 1.05. The van der Waals surface area contributed by atoms with Crippen LogP contribution in [0.5, 0.6) is 11.5 Å². The minimum atomic E-state index is -1.03. The van der Waals surface area contributed by atoms with Crippen LogP contribution in [0.4, 0.5) is 0 Å². The molecule has 1 atom stereocenters. The largest absolute Gasteiger partial charge is 0.477 e. The van der Waals surface area contributed by atoms with Crippen molar-refractivity contribution in [2.24, 2.45) is 0 Å². The minimum Gasteiger partial charge on any atom is -0.477 e. The molecule has 0 saturated carbocycles. The number of carbonyl (C=O) groups excluding carboxylic acids is 1. The van der Waals surface area contributed by atoms with E-state index in [0.29, 0.717) is 22.6 Å². The van der Waals surface area contributed by atoms with Crippen molar-refractivity contribution >= 4 is 29.6 Å². The molecule has 0 fully saturated rings. The number of fused-ring (bicyclic) bond motifs is 2. The smallest absolute Gasteiger partial charge is 0.342 e. The lowest BCUT2D eigenvalue weighted by Crippen LogP contribution is -2.14. The first-order valence-electron chi connectivity index (χ1n) is 5.66. The zero-order chi connectivity index (χ0) is 13.6. The maximum Gasteiger partial charge on any atom is 0.342 e. The predicted molar refractivity (Wildman–Crippen MR) is 69.6 cm³/mol. The number of benzene rings is 1. The molecular formula is C13H10O5S. The second kappa shape index (κ2) is 4.31. The summed E-state index contributed by atoms with van der Waals surface area (Å²) in [7, 11) is 0. The van der Waals surface area contributed by atoms with Crippen LogP contribution in [0.3, 0.4) is 0 Å². The van der Waals surface area contributed by atoms with E-state index in [-0.39, 0.29) is 17.5 Å². The number of hydrogen-bond acceptors (Lipinski definition) is 5. The van der Waals surface area contributed by atoms with Crippen LogP contribution >= 0.6 is 11.8 Å². The van der Waals surface area contributed by atoms with Crippen molar-refractivity contribution in [3.05, 3.63) is 28.2 Å². The number of carboxylic acid groups (broad SMARTS) is 1. The molecule has 1 aromatic carbocycles. The number of Topliss-reactive ketones (excluding diaryl/α,β-unsaturated/α-hetero) is 1. The highest BCUT2D eigenvalue weighted by Gasteiger charge is 2.28. The number of carbonyl (C=O) groups is 2. The van der Waals surface area contributed by atoms with E-state index in [1.165, 1.54) is 6.08 Å². The molecule has 19 heavy (non-hydrogen) atoms. The quantitative estimate of drug-likeness (QED) is 0.848. The van der Waals surface area contributed by atoms with E-state index in [4.69, 9.17) is 14.6 Å².